The first-order valence-electron chi connectivity index (χ1n) is 2.84. The Morgan fingerprint density at radius 1 is 1.80 bits per heavy atom. The third-order valence-electron chi connectivity index (χ3n) is 1.06. The Bertz CT molecular complexity index is 104. The van der Waals surface area contributed by atoms with Gasteiger partial charge in [0, 0.05) is 0 Å². The van der Waals surface area contributed by atoms with Crippen molar-refractivity contribution >= 4 is 29.0 Å². The predicted octanol–water partition coefficient (Wildman–Crippen LogP) is -2.60. The maximum absolute atomic E-state index is 10.6. The number of halogens is 1. The van der Waals surface area contributed by atoms with Crippen LogP contribution in [0, 0.1) is 12.3 Å². The van der Waals surface area contributed by atoms with Crippen molar-refractivity contribution in [3.8, 4) is 0 Å². The Morgan fingerprint density at radius 2 is 2.30 bits per heavy atom. The Morgan fingerprint density at radius 3 is 2.60 bits per heavy atom. The fraction of sp³-hybridized carbons (Fsp3) is 0.667. The summed E-state index contributed by atoms with van der Waals surface area (Å²) >= 11 is 0. The molecule has 0 N–H and O–H groups in total. The molecular formula is C6H9ClMgO2. The van der Waals surface area contributed by atoms with E-state index in [9.17, 15) is 4.79 Å². The topological polar surface area (TPSA) is 26.3 Å². The van der Waals surface area contributed by atoms with Crippen LogP contribution in [0.15, 0.2) is 0 Å². The molecule has 1 rings (SSSR count). The van der Waals surface area contributed by atoms with Crippen molar-refractivity contribution in [1.29, 1.82) is 0 Å². The van der Waals surface area contributed by atoms with Gasteiger partial charge in [-0.25, -0.2) is 0 Å². The molecule has 10 heavy (non-hydrogen) atoms. The van der Waals surface area contributed by atoms with Crippen molar-refractivity contribution in [1.82, 2.24) is 0 Å². The Kier molecular flexibility index (Phi) is 8.21. The normalized spacial score (nSPS) is 19.9. The summed E-state index contributed by atoms with van der Waals surface area (Å²) in [6.07, 6.45) is 2.86. The van der Waals surface area contributed by atoms with Crippen molar-refractivity contribution in [3.63, 3.8) is 0 Å². The number of carbonyl (C=O) groups is 1. The summed E-state index contributed by atoms with van der Waals surface area (Å²) in [5.74, 6) is 0.0717. The monoisotopic (exact) mass is 172 g/mol. The maximum atomic E-state index is 10.6. The number of esters is 1. The molecule has 0 aromatic heterocycles. The van der Waals surface area contributed by atoms with E-state index in [2.05, 4.69) is 0 Å². The largest absolute Gasteiger partial charge is 2.00 e. The van der Waals surface area contributed by atoms with Crippen LogP contribution in [0.5, 0.6) is 0 Å². The van der Waals surface area contributed by atoms with E-state index in [1.807, 2.05) is 13.3 Å². The van der Waals surface area contributed by atoms with Crippen LogP contribution in [0.25, 0.3) is 0 Å². The average molecular weight is 173 g/mol. The Balaban J connectivity index is 0. The van der Waals surface area contributed by atoms with Crippen molar-refractivity contribution in [2.75, 3.05) is 6.61 Å². The van der Waals surface area contributed by atoms with Crippen LogP contribution in [0.3, 0.4) is 0 Å². The van der Waals surface area contributed by atoms with Crippen LogP contribution in [-0.2, 0) is 9.53 Å². The van der Waals surface area contributed by atoms with E-state index in [1.54, 1.807) is 0 Å². The third kappa shape index (κ3) is 4.36. The van der Waals surface area contributed by atoms with E-state index in [0.717, 1.165) is 6.42 Å². The minimum atomic E-state index is -0.0625. The molecular weight excluding hydrogens is 164 g/mol. The smallest absolute Gasteiger partial charge is 1.00 e. The number of hydrogen-bond acceptors (Lipinski definition) is 2. The summed E-state index contributed by atoms with van der Waals surface area (Å²) in [5, 5.41) is 0. The van der Waals surface area contributed by atoms with Crippen molar-refractivity contribution in [2.24, 2.45) is 5.92 Å². The number of rotatable bonds is 2. The maximum Gasteiger partial charge on any atom is 2.00 e. The molecule has 0 aromatic rings. The van der Waals surface area contributed by atoms with E-state index in [4.69, 9.17) is 4.74 Å². The van der Waals surface area contributed by atoms with Gasteiger partial charge in [-0.2, -0.15) is 6.42 Å². The summed E-state index contributed by atoms with van der Waals surface area (Å²) in [4.78, 5) is 10.6. The molecule has 54 valence electrons. The van der Waals surface area contributed by atoms with Crippen molar-refractivity contribution in [2.45, 2.75) is 13.3 Å². The zero-order chi connectivity index (χ0) is 5.98. The SMILES string of the molecule is CCOC(=O)[C@@H]1[CH-]C1.[Cl-].[Mg+2]. The second kappa shape index (κ2) is 6.25. The molecule has 0 saturated heterocycles. The first-order chi connectivity index (χ1) is 3.84. The van der Waals surface area contributed by atoms with E-state index in [1.165, 1.54) is 0 Å². The predicted molar refractivity (Wildman–Crippen MR) is 34.8 cm³/mol. The quantitative estimate of drug-likeness (QED) is 0.260. The summed E-state index contributed by atoms with van der Waals surface area (Å²) in [6.45, 7) is 2.32. The summed E-state index contributed by atoms with van der Waals surface area (Å²) in [7, 11) is 0. The van der Waals surface area contributed by atoms with Crippen LogP contribution in [0.4, 0.5) is 0 Å². The molecule has 0 aromatic carbocycles. The number of carbonyl (C=O) groups excluding carboxylic acids is 1. The molecule has 1 aliphatic carbocycles. The molecule has 1 fully saturated rings. The van der Waals surface area contributed by atoms with Gasteiger partial charge in [0.1, 0.15) is 0 Å². The van der Waals surface area contributed by atoms with Gasteiger partial charge in [0.05, 0.1) is 6.61 Å². The molecule has 4 heteroatoms. The van der Waals surface area contributed by atoms with Crippen LogP contribution in [0.2, 0.25) is 0 Å². The second-order valence-corrected chi connectivity index (χ2v) is 1.83. The molecule has 0 heterocycles. The van der Waals surface area contributed by atoms with Gasteiger partial charge >= 0.3 is 23.1 Å². The molecule has 0 spiro atoms. The standard InChI is InChI=1S/C6H9O2.ClH.Mg/c1-2-8-6(7)5-3-4-5;;/h3,5H,2,4H2,1H3;1H;/q-1;;+2/p-1/t5-;;/m1../s1. The van der Waals surface area contributed by atoms with E-state index < -0.39 is 0 Å². The molecule has 1 atom stereocenters. The summed E-state index contributed by atoms with van der Waals surface area (Å²) < 4.78 is 4.70. The molecule has 0 amide bonds. The molecule has 1 aliphatic rings. The van der Waals surface area contributed by atoms with Gasteiger partial charge in [-0.3, -0.25) is 4.79 Å². The molecule has 0 aliphatic heterocycles. The fourth-order valence-corrected chi connectivity index (χ4v) is 0.510. The summed E-state index contributed by atoms with van der Waals surface area (Å²) in [5.41, 5.74) is 0. The van der Waals surface area contributed by atoms with E-state index >= 15 is 0 Å². The summed E-state index contributed by atoms with van der Waals surface area (Å²) in [6, 6.07) is 0. The molecule has 1 saturated carbocycles. The van der Waals surface area contributed by atoms with E-state index in [0.29, 0.717) is 6.61 Å². The van der Waals surface area contributed by atoms with Crippen LogP contribution < -0.4 is 12.4 Å². The minimum absolute atomic E-state index is 0. The Labute approximate surface area is 83.3 Å². The van der Waals surface area contributed by atoms with Crippen molar-refractivity contribution in [3.05, 3.63) is 6.42 Å². The van der Waals surface area contributed by atoms with E-state index in [-0.39, 0.29) is 47.3 Å². The number of hydrogen-bond donors (Lipinski definition) is 0. The average Bonchev–Trinajstić information content (AvgIpc) is 2.45. The third-order valence-corrected chi connectivity index (χ3v) is 1.06. The first-order valence-corrected chi connectivity index (χ1v) is 2.84. The first kappa shape index (κ1) is 13.1. The van der Waals surface area contributed by atoms with Gasteiger partial charge in [0.15, 0.2) is 0 Å². The minimum Gasteiger partial charge on any atom is -1.00 e. The van der Waals surface area contributed by atoms with Gasteiger partial charge in [0.2, 0.25) is 0 Å². The van der Waals surface area contributed by atoms with Gasteiger partial charge in [-0.15, -0.1) is 0 Å². The van der Waals surface area contributed by atoms with Crippen molar-refractivity contribution < 1.29 is 21.9 Å². The number of ether oxygens (including phenoxy) is 1. The van der Waals surface area contributed by atoms with Crippen LogP contribution in [-0.4, -0.2) is 35.6 Å². The molecule has 0 radical (unpaired) electrons. The second-order valence-electron chi connectivity index (χ2n) is 1.83. The fourth-order valence-electron chi connectivity index (χ4n) is 0.510. The zero-order valence-corrected chi connectivity index (χ0v) is 8.14. The van der Waals surface area contributed by atoms with Crippen LogP contribution in [0.1, 0.15) is 13.3 Å². The van der Waals surface area contributed by atoms with Gasteiger partial charge in [-0.05, 0) is 6.92 Å². The molecule has 0 unspecified atom stereocenters. The van der Waals surface area contributed by atoms with Crippen LogP contribution >= 0.6 is 0 Å². The Hall–Kier alpha value is 0.526. The molecule has 0 bridgehead atoms. The van der Waals surface area contributed by atoms with Gasteiger partial charge in [-0.1, -0.05) is 5.92 Å². The van der Waals surface area contributed by atoms with Gasteiger partial charge in [0.25, 0.3) is 5.97 Å². The molecule has 2 nitrogen and oxygen atoms in total. The van der Waals surface area contributed by atoms with Gasteiger partial charge < -0.3 is 23.6 Å². The zero-order valence-electron chi connectivity index (χ0n) is 5.97.